The van der Waals surface area contributed by atoms with Crippen LogP contribution >= 0.6 is 0 Å². The van der Waals surface area contributed by atoms with Crippen LogP contribution in [0.2, 0.25) is 0 Å². The summed E-state index contributed by atoms with van der Waals surface area (Å²) in [5, 5.41) is 9.72. The standard InChI is InChI=1S/C72H113NO8/c1-6-8-10-12-14-16-18-20-22-24-26-28-29-30-31-32-33-34-35-36-37-38-39-40-41-43-45-47-49-51-53-55-57-59-61-63-70(75)81-68(67-80-72(71(76)77)78-65-64-73(3,4)5)66-79-69(74)62-60-58-56-54-52-50-48-46-44-42-27-25-23-21-19-17-15-13-11-9-7-2/h8-11,14-17,20-23,26-28,30-31,33-34,36-37,39-40,42-43,45-46,48,68,72H,6-7,12-13,18-19,24-25,29,32,35,38,41,44,47,49-67H2,1-5H3/p+1/b10-8-,11-9-,16-14-,17-15-,22-20-,23-21-,28-26-,31-30-,34-33-,37-36-,40-39-,42-27-,45-43-,48-46-. The third kappa shape index (κ3) is 62.1. The molecule has 0 aliphatic carbocycles. The number of likely N-dealkylation sites (N-methyl/N-ethyl adjacent to an activating group) is 1. The number of unbranched alkanes of at least 4 members (excludes halogenated alkanes) is 12. The monoisotopic (exact) mass is 1120 g/mol. The molecule has 0 radical (unpaired) electrons. The number of ether oxygens (including phenoxy) is 4. The van der Waals surface area contributed by atoms with Crippen LogP contribution in [0.25, 0.3) is 0 Å². The maximum Gasteiger partial charge on any atom is 0.361 e. The van der Waals surface area contributed by atoms with E-state index in [1.807, 2.05) is 21.1 Å². The Morgan fingerprint density at radius 2 is 0.667 bits per heavy atom. The zero-order chi connectivity index (χ0) is 59.1. The maximum absolute atomic E-state index is 12.9. The van der Waals surface area contributed by atoms with Gasteiger partial charge in [-0.05, 0) is 128 Å². The van der Waals surface area contributed by atoms with Crippen molar-refractivity contribution >= 4 is 17.9 Å². The Labute approximate surface area is 495 Å². The van der Waals surface area contributed by atoms with Crippen LogP contribution in [0.4, 0.5) is 0 Å². The van der Waals surface area contributed by atoms with Crippen molar-refractivity contribution in [3.8, 4) is 0 Å². The second-order valence-corrected chi connectivity index (χ2v) is 21.2. The Morgan fingerprint density at radius 3 is 0.988 bits per heavy atom. The number of carbonyl (C=O) groups is 3. The van der Waals surface area contributed by atoms with E-state index < -0.39 is 24.3 Å². The molecule has 0 fully saturated rings. The summed E-state index contributed by atoms with van der Waals surface area (Å²) in [5.41, 5.74) is 0. The lowest BCUT2D eigenvalue weighted by molar-refractivity contribution is -0.870. The molecule has 0 saturated carbocycles. The van der Waals surface area contributed by atoms with Crippen LogP contribution in [0.3, 0.4) is 0 Å². The molecule has 0 aliphatic rings. The number of aliphatic carboxylic acids is 1. The first-order valence-electron chi connectivity index (χ1n) is 31.3. The number of hydrogen-bond acceptors (Lipinski definition) is 7. The average Bonchev–Trinajstić information content (AvgIpc) is 3.44. The Hall–Kier alpha value is -5.35. The zero-order valence-electron chi connectivity index (χ0n) is 51.6. The minimum atomic E-state index is -1.53. The Kier molecular flexibility index (Phi) is 56.7. The van der Waals surface area contributed by atoms with Gasteiger partial charge in [-0.3, -0.25) is 9.59 Å². The lowest BCUT2D eigenvalue weighted by Crippen LogP contribution is -2.40. The van der Waals surface area contributed by atoms with Gasteiger partial charge in [0.1, 0.15) is 13.2 Å². The van der Waals surface area contributed by atoms with Crippen molar-refractivity contribution in [3.05, 3.63) is 170 Å². The molecule has 0 aromatic carbocycles. The van der Waals surface area contributed by atoms with Crippen molar-refractivity contribution in [3.63, 3.8) is 0 Å². The van der Waals surface area contributed by atoms with Gasteiger partial charge < -0.3 is 28.5 Å². The van der Waals surface area contributed by atoms with Gasteiger partial charge in [-0.25, -0.2) is 4.79 Å². The molecule has 0 spiro atoms. The topological polar surface area (TPSA) is 108 Å². The van der Waals surface area contributed by atoms with Crippen molar-refractivity contribution < 1.29 is 42.9 Å². The first kappa shape index (κ1) is 75.7. The van der Waals surface area contributed by atoms with Gasteiger partial charge in [-0.1, -0.05) is 235 Å². The summed E-state index contributed by atoms with van der Waals surface area (Å²) >= 11 is 0. The minimum absolute atomic E-state index is 0.172. The predicted molar refractivity (Wildman–Crippen MR) is 345 cm³/mol. The number of carboxylic acids is 1. The number of allylic oxidation sites excluding steroid dienone is 28. The van der Waals surface area contributed by atoms with Crippen molar-refractivity contribution in [2.45, 2.75) is 219 Å². The van der Waals surface area contributed by atoms with E-state index in [2.05, 4.69) is 184 Å². The van der Waals surface area contributed by atoms with Crippen LogP contribution in [0.5, 0.6) is 0 Å². The fourth-order valence-electron chi connectivity index (χ4n) is 7.74. The van der Waals surface area contributed by atoms with Gasteiger partial charge in [0.05, 0.1) is 34.4 Å². The molecule has 0 aromatic rings. The van der Waals surface area contributed by atoms with Crippen molar-refractivity contribution in [1.82, 2.24) is 0 Å². The molecule has 9 nitrogen and oxygen atoms in total. The van der Waals surface area contributed by atoms with Gasteiger partial charge in [0.15, 0.2) is 6.10 Å². The highest BCUT2D eigenvalue weighted by Crippen LogP contribution is 2.14. The van der Waals surface area contributed by atoms with Gasteiger partial charge in [-0.15, -0.1) is 0 Å². The summed E-state index contributed by atoms with van der Waals surface area (Å²) in [7, 11) is 5.94. The van der Waals surface area contributed by atoms with E-state index in [1.165, 1.54) is 19.3 Å². The van der Waals surface area contributed by atoms with Crippen LogP contribution in [-0.4, -0.2) is 87.4 Å². The molecular formula is C72H114NO8+. The molecule has 0 aromatic heterocycles. The molecular weight excluding hydrogens is 1010 g/mol. The first-order chi connectivity index (χ1) is 39.6. The summed E-state index contributed by atoms with van der Waals surface area (Å²) in [6.45, 7) is 4.58. The third-order valence-corrected chi connectivity index (χ3v) is 12.5. The van der Waals surface area contributed by atoms with Crippen LogP contribution in [-0.2, 0) is 33.3 Å². The third-order valence-electron chi connectivity index (χ3n) is 12.5. The highest BCUT2D eigenvalue weighted by molar-refractivity contribution is 5.71. The molecule has 2 atom stereocenters. The smallest absolute Gasteiger partial charge is 0.361 e. The molecule has 9 heteroatoms. The van der Waals surface area contributed by atoms with Gasteiger partial charge in [0.2, 0.25) is 0 Å². The van der Waals surface area contributed by atoms with E-state index in [9.17, 15) is 19.5 Å². The number of quaternary nitrogens is 1. The van der Waals surface area contributed by atoms with Gasteiger partial charge in [0.25, 0.3) is 6.29 Å². The van der Waals surface area contributed by atoms with Crippen LogP contribution in [0.15, 0.2) is 170 Å². The van der Waals surface area contributed by atoms with Crippen molar-refractivity contribution in [1.29, 1.82) is 0 Å². The normalized spacial score (nSPS) is 13.9. The van der Waals surface area contributed by atoms with E-state index in [4.69, 9.17) is 18.9 Å². The first-order valence-corrected chi connectivity index (χ1v) is 31.3. The molecule has 0 heterocycles. The second kappa shape index (κ2) is 60.7. The van der Waals surface area contributed by atoms with Crippen LogP contribution in [0.1, 0.15) is 206 Å². The van der Waals surface area contributed by atoms with Gasteiger partial charge in [-0.2, -0.15) is 0 Å². The molecule has 0 rings (SSSR count). The lowest BCUT2D eigenvalue weighted by Gasteiger charge is -2.25. The molecule has 0 amide bonds. The van der Waals surface area contributed by atoms with E-state index >= 15 is 0 Å². The van der Waals surface area contributed by atoms with E-state index in [-0.39, 0.29) is 38.6 Å². The molecule has 0 aliphatic heterocycles. The highest BCUT2D eigenvalue weighted by atomic mass is 16.7. The molecule has 0 bridgehead atoms. The number of hydrogen-bond donors (Lipinski definition) is 1. The van der Waals surface area contributed by atoms with Crippen molar-refractivity contribution in [2.24, 2.45) is 0 Å². The maximum atomic E-state index is 12.9. The molecule has 454 valence electrons. The summed E-state index contributed by atoms with van der Waals surface area (Å²) in [6.07, 6.45) is 88.6. The van der Waals surface area contributed by atoms with Crippen molar-refractivity contribution in [2.75, 3.05) is 47.5 Å². The number of carbonyl (C=O) groups excluding carboxylic acids is 2. The van der Waals surface area contributed by atoms with Gasteiger partial charge in [0, 0.05) is 12.8 Å². The second-order valence-electron chi connectivity index (χ2n) is 21.2. The summed E-state index contributed by atoms with van der Waals surface area (Å²) in [5.74, 6) is -2.07. The number of rotatable bonds is 55. The minimum Gasteiger partial charge on any atom is -0.477 e. The Bertz CT molecular complexity index is 1930. The lowest BCUT2D eigenvalue weighted by atomic mass is 10.1. The predicted octanol–water partition coefficient (Wildman–Crippen LogP) is 19.1. The highest BCUT2D eigenvalue weighted by Gasteiger charge is 2.25. The fraction of sp³-hybridized carbons (Fsp3) is 0.569. The number of esters is 2. The van der Waals surface area contributed by atoms with Gasteiger partial charge >= 0.3 is 17.9 Å². The Balaban J connectivity index is 4.30. The zero-order valence-corrected chi connectivity index (χ0v) is 51.6. The summed E-state index contributed by atoms with van der Waals surface area (Å²) in [6, 6.07) is 0. The summed E-state index contributed by atoms with van der Waals surface area (Å²) < 4.78 is 22.9. The average molecular weight is 1120 g/mol. The molecule has 0 saturated heterocycles. The van der Waals surface area contributed by atoms with Crippen LogP contribution in [0, 0.1) is 0 Å². The SMILES string of the molecule is CC/C=C\C/C=C\C/C=C\C/C=C\C/C=C\C/C=C\C/C=C\C/C=C\C/C=C\CCCCCCCCCC(=O)OC(COC(=O)CCCCCCC/C=C\C/C=C\C/C=C\C/C=C\C/C=C\CC)COC(OCC[N+](C)(C)C)C(=O)O. The molecule has 1 N–H and O–H groups in total. The molecule has 2 unspecified atom stereocenters. The largest absolute Gasteiger partial charge is 0.477 e. The van der Waals surface area contributed by atoms with E-state index in [0.717, 1.165) is 148 Å². The van der Waals surface area contributed by atoms with E-state index in [1.54, 1.807) is 0 Å². The van der Waals surface area contributed by atoms with E-state index in [0.29, 0.717) is 23.9 Å². The fourth-order valence-corrected chi connectivity index (χ4v) is 7.74. The quantitative estimate of drug-likeness (QED) is 0.0211. The van der Waals surface area contributed by atoms with Crippen LogP contribution < -0.4 is 0 Å². The number of carboxylic acid groups (broad SMARTS) is 1. The Morgan fingerprint density at radius 1 is 0.370 bits per heavy atom. The molecule has 81 heavy (non-hydrogen) atoms. The summed E-state index contributed by atoms with van der Waals surface area (Å²) in [4.78, 5) is 37.5. The number of nitrogens with zero attached hydrogens (tertiary/aromatic N) is 1.